The van der Waals surface area contributed by atoms with Crippen molar-refractivity contribution in [2.75, 3.05) is 17.6 Å². The van der Waals surface area contributed by atoms with Crippen LogP contribution < -0.4 is 5.32 Å². The third-order valence-electron chi connectivity index (χ3n) is 2.61. The average molecular weight is 256 g/mol. The predicted molar refractivity (Wildman–Crippen MR) is 65.1 cm³/mol. The van der Waals surface area contributed by atoms with E-state index in [-0.39, 0.29) is 11.4 Å². The third-order valence-corrected chi connectivity index (χ3v) is 4.00. The Hall–Kier alpha value is -1.30. The molecule has 2 rings (SSSR count). The van der Waals surface area contributed by atoms with Crippen molar-refractivity contribution in [1.29, 1.82) is 0 Å². The van der Waals surface area contributed by atoms with Crippen molar-refractivity contribution in [3.63, 3.8) is 0 Å². The molecule has 17 heavy (non-hydrogen) atoms. The molecule has 0 saturated carbocycles. The molecule has 1 atom stereocenters. The van der Waals surface area contributed by atoms with Crippen LogP contribution in [0.3, 0.4) is 0 Å². The molecule has 0 radical (unpaired) electrons. The van der Waals surface area contributed by atoms with Crippen molar-refractivity contribution in [2.24, 2.45) is 0 Å². The first-order valence-electron chi connectivity index (χ1n) is 5.41. The van der Waals surface area contributed by atoms with Gasteiger partial charge in [-0.3, -0.25) is 0 Å². The minimum atomic E-state index is -1.17. The smallest absolute Gasteiger partial charge is 0.339 e. The van der Waals surface area contributed by atoms with E-state index in [4.69, 9.17) is 5.11 Å². The van der Waals surface area contributed by atoms with E-state index in [0.717, 1.165) is 24.4 Å². The maximum absolute atomic E-state index is 12.9. The number of carboxylic acid groups (broad SMARTS) is 1. The van der Waals surface area contributed by atoms with E-state index in [0.29, 0.717) is 11.8 Å². The first-order chi connectivity index (χ1) is 8.16. The summed E-state index contributed by atoms with van der Waals surface area (Å²) >= 11 is 1.87. The Morgan fingerprint density at radius 3 is 3.18 bits per heavy atom. The van der Waals surface area contributed by atoms with Gasteiger partial charge in [-0.1, -0.05) is 0 Å². The molecule has 1 fully saturated rings. The largest absolute Gasteiger partial charge is 0.478 e. The van der Waals surface area contributed by atoms with Crippen LogP contribution in [0.1, 0.15) is 23.2 Å². The summed E-state index contributed by atoms with van der Waals surface area (Å²) in [4.78, 5) is 14.7. The number of aromatic carboxylic acids is 1. The predicted octanol–water partition coefficient (Wildman–Crippen LogP) is 2.23. The number of nitrogens with one attached hydrogen (secondary N) is 1. The molecule has 6 heteroatoms. The fourth-order valence-electron chi connectivity index (χ4n) is 1.76. The summed E-state index contributed by atoms with van der Waals surface area (Å²) in [6, 6.07) is 0.986. The quantitative estimate of drug-likeness (QED) is 0.865. The van der Waals surface area contributed by atoms with Gasteiger partial charge in [0.05, 0.1) is 6.20 Å². The number of carbonyl (C=O) groups is 1. The highest BCUT2D eigenvalue weighted by atomic mass is 32.2. The van der Waals surface area contributed by atoms with E-state index >= 15 is 0 Å². The zero-order valence-electron chi connectivity index (χ0n) is 9.15. The number of thioether (sulfide) groups is 1. The molecule has 0 bridgehead atoms. The first kappa shape index (κ1) is 12.2. The van der Waals surface area contributed by atoms with Gasteiger partial charge in [0.15, 0.2) is 0 Å². The van der Waals surface area contributed by atoms with E-state index in [1.54, 1.807) is 0 Å². The number of hydrogen-bond acceptors (Lipinski definition) is 4. The molecule has 1 saturated heterocycles. The number of nitrogens with zero attached hydrogens (tertiary/aromatic N) is 1. The maximum Gasteiger partial charge on any atom is 0.339 e. The summed E-state index contributed by atoms with van der Waals surface area (Å²) in [5.41, 5.74) is -0.118. The number of rotatable bonds is 4. The highest BCUT2D eigenvalue weighted by molar-refractivity contribution is 8.00. The molecule has 0 aromatic carbocycles. The Morgan fingerprint density at radius 2 is 2.53 bits per heavy atom. The van der Waals surface area contributed by atoms with E-state index in [1.165, 1.54) is 6.42 Å². The molecule has 2 N–H and O–H groups in total. The number of anilines is 1. The zero-order valence-corrected chi connectivity index (χ0v) is 9.97. The molecular weight excluding hydrogens is 243 g/mol. The van der Waals surface area contributed by atoms with E-state index in [9.17, 15) is 9.18 Å². The van der Waals surface area contributed by atoms with Gasteiger partial charge in [0, 0.05) is 11.8 Å². The molecule has 1 aliphatic heterocycles. The summed E-state index contributed by atoms with van der Waals surface area (Å²) in [7, 11) is 0. The van der Waals surface area contributed by atoms with Crippen LogP contribution in [0.4, 0.5) is 10.2 Å². The molecule has 1 unspecified atom stereocenters. The summed E-state index contributed by atoms with van der Waals surface area (Å²) in [5, 5.41) is 12.4. The van der Waals surface area contributed by atoms with Crippen LogP contribution in [0, 0.1) is 5.82 Å². The van der Waals surface area contributed by atoms with Gasteiger partial charge in [0.25, 0.3) is 0 Å². The highest BCUT2D eigenvalue weighted by Gasteiger charge is 2.17. The normalized spacial score (nSPS) is 19.2. The SMILES string of the molecule is O=C(O)c1cc(F)cnc1NCC1CCCS1. The van der Waals surface area contributed by atoms with E-state index in [2.05, 4.69) is 10.3 Å². The van der Waals surface area contributed by atoms with Gasteiger partial charge in [0.1, 0.15) is 17.2 Å². The van der Waals surface area contributed by atoms with Crippen LogP contribution in [0.25, 0.3) is 0 Å². The molecule has 0 aliphatic carbocycles. The second-order valence-electron chi connectivity index (χ2n) is 3.87. The van der Waals surface area contributed by atoms with E-state index in [1.807, 2.05) is 11.8 Å². The average Bonchev–Trinajstić information content (AvgIpc) is 2.80. The highest BCUT2D eigenvalue weighted by Crippen LogP contribution is 2.26. The lowest BCUT2D eigenvalue weighted by Crippen LogP contribution is -2.17. The standard InChI is InChI=1S/C11H13FN2O2S/c12-7-4-9(11(15)16)10(13-5-7)14-6-8-2-1-3-17-8/h4-5,8H,1-3,6H2,(H,13,14)(H,15,16). The summed E-state index contributed by atoms with van der Waals surface area (Å²) in [6.07, 6.45) is 3.34. The summed E-state index contributed by atoms with van der Waals surface area (Å²) in [6.45, 7) is 0.670. The van der Waals surface area contributed by atoms with Crippen LogP contribution in [-0.2, 0) is 0 Å². The van der Waals surface area contributed by atoms with Crippen molar-refractivity contribution in [3.05, 3.63) is 23.6 Å². The molecule has 92 valence electrons. The van der Waals surface area contributed by atoms with Gasteiger partial charge in [-0.15, -0.1) is 0 Å². The number of pyridine rings is 1. The first-order valence-corrected chi connectivity index (χ1v) is 6.46. The number of aromatic nitrogens is 1. The van der Waals surface area contributed by atoms with Crippen LogP contribution in [0.2, 0.25) is 0 Å². The topological polar surface area (TPSA) is 62.2 Å². The van der Waals surface area contributed by atoms with Crippen molar-refractivity contribution in [2.45, 2.75) is 18.1 Å². The molecule has 0 amide bonds. The molecule has 1 aromatic heterocycles. The molecule has 1 aliphatic rings. The fourth-order valence-corrected chi connectivity index (χ4v) is 2.96. The van der Waals surface area contributed by atoms with Crippen molar-refractivity contribution in [3.8, 4) is 0 Å². The number of carboxylic acids is 1. The van der Waals surface area contributed by atoms with Crippen molar-refractivity contribution >= 4 is 23.5 Å². The zero-order chi connectivity index (χ0) is 12.3. The minimum absolute atomic E-state index is 0.118. The van der Waals surface area contributed by atoms with Gasteiger partial charge in [0.2, 0.25) is 0 Å². The van der Waals surface area contributed by atoms with Gasteiger partial charge in [-0.2, -0.15) is 11.8 Å². The van der Waals surface area contributed by atoms with Gasteiger partial charge >= 0.3 is 5.97 Å². The molecule has 2 heterocycles. The Bertz CT molecular complexity index is 422. The summed E-state index contributed by atoms with van der Waals surface area (Å²) in [5.74, 6) is -0.414. The van der Waals surface area contributed by atoms with Gasteiger partial charge < -0.3 is 10.4 Å². The molecule has 4 nitrogen and oxygen atoms in total. The second-order valence-corrected chi connectivity index (χ2v) is 5.28. The van der Waals surface area contributed by atoms with Crippen LogP contribution >= 0.6 is 11.8 Å². The summed E-state index contributed by atoms with van der Waals surface area (Å²) < 4.78 is 12.9. The Balaban J connectivity index is 2.06. The van der Waals surface area contributed by atoms with Crippen molar-refractivity contribution < 1.29 is 14.3 Å². The van der Waals surface area contributed by atoms with Crippen LogP contribution in [-0.4, -0.2) is 33.6 Å². The van der Waals surface area contributed by atoms with E-state index < -0.39 is 11.8 Å². The minimum Gasteiger partial charge on any atom is -0.478 e. The fraction of sp³-hybridized carbons (Fsp3) is 0.455. The lowest BCUT2D eigenvalue weighted by atomic mass is 10.2. The van der Waals surface area contributed by atoms with Gasteiger partial charge in [-0.25, -0.2) is 14.2 Å². The number of hydrogen-bond donors (Lipinski definition) is 2. The van der Waals surface area contributed by atoms with Crippen LogP contribution in [0.15, 0.2) is 12.3 Å². The molecule has 1 aromatic rings. The Kier molecular flexibility index (Phi) is 3.83. The van der Waals surface area contributed by atoms with Crippen molar-refractivity contribution in [1.82, 2.24) is 4.98 Å². The second kappa shape index (κ2) is 5.35. The molecule has 0 spiro atoms. The van der Waals surface area contributed by atoms with Crippen LogP contribution in [0.5, 0.6) is 0 Å². The monoisotopic (exact) mass is 256 g/mol. The lowest BCUT2D eigenvalue weighted by molar-refractivity contribution is 0.0697. The Morgan fingerprint density at radius 1 is 1.71 bits per heavy atom. The van der Waals surface area contributed by atoms with Gasteiger partial charge in [-0.05, 0) is 24.7 Å². The number of halogens is 1. The molecular formula is C11H13FN2O2S. The lowest BCUT2D eigenvalue weighted by Gasteiger charge is -2.12. The Labute approximate surface area is 103 Å². The third kappa shape index (κ3) is 3.09. The maximum atomic E-state index is 12.9.